The molecular weight excluding hydrogens is 441 g/mol. The smallest absolute Gasteiger partial charge is 0.274 e. The lowest BCUT2D eigenvalue weighted by Gasteiger charge is -2.27. The quantitative estimate of drug-likeness (QED) is 0.472. The second-order valence-electron chi connectivity index (χ2n) is 7.38. The lowest BCUT2D eigenvalue weighted by atomic mass is 10.1. The number of anilines is 2. The highest BCUT2D eigenvalue weighted by Crippen LogP contribution is 2.33. The van der Waals surface area contributed by atoms with Crippen molar-refractivity contribution >= 4 is 28.7 Å². The first-order valence-corrected chi connectivity index (χ1v) is 11.3. The summed E-state index contributed by atoms with van der Waals surface area (Å²) in [5.74, 6) is 0.0319. The highest BCUT2D eigenvalue weighted by Gasteiger charge is 2.18. The number of para-hydroxylation sites is 1. The van der Waals surface area contributed by atoms with Crippen molar-refractivity contribution in [1.82, 2.24) is 15.0 Å². The minimum atomic E-state index is -0.344. The predicted molar refractivity (Wildman–Crippen MR) is 126 cm³/mol. The molecule has 7 nitrogen and oxygen atoms in total. The number of hydrogen-bond donors (Lipinski definition) is 1. The molecule has 4 aromatic rings. The minimum Gasteiger partial charge on any atom is -0.378 e. The van der Waals surface area contributed by atoms with Gasteiger partial charge in [-0.3, -0.25) is 4.79 Å². The van der Waals surface area contributed by atoms with Gasteiger partial charge in [-0.2, -0.15) is 0 Å². The molecule has 3 heterocycles. The number of morpholine rings is 1. The fraction of sp³-hybridized carbons (Fsp3) is 0.167. The van der Waals surface area contributed by atoms with Crippen LogP contribution >= 0.6 is 11.3 Å². The Hall–Kier alpha value is -3.69. The van der Waals surface area contributed by atoms with E-state index in [0.717, 1.165) is 18.7 Å². The van der Waals surface area contributed by atoms with Crippen LogP contribution in [0.1, 0.15) is 10.5 Å². The van der Waals surface area contributed by atoms with E-state index in [0.29, 0.717) is 41.0 Å². The molecule has 2 aromatic heterocycles. The molecule has 1 saturated heterocycles. The van der Waals surface area contributed by atoms with Gasteiger partial charge in [-0.15, -0.1) is 11.3 Å². The molecule has 1 fully saturated rings. The van der Waals surface area contributed by atoms with Gasteiger partial charge in [-0.1, -0.05) is 30.3 Å². The molecule has 0 radical (unpaired) electrons. The van der Waals surface area contributed by atoms with Crippen LogP contribution in [0.25, 0.3) is 21.8 Å². The second-order valence-corrected chi connectivity index (χ2v) is 8.24. The number of aromatic nitrogens is 3. The zero-order valence-corrected chi connectivity index (χ0v) is 18.4. The van der Waals surface area contributed by atoms with E-state index in [2.05, 4.69) is 25.2 Å². The predicted octanol–water partition coefficient (Wildman–Crippen LogP) is 4.50. The van der Waals surface area contributed by atoms with E-state index >= 15 is 0 Å². The number of halogens is 1. The first kappa shape index (κ1) is 21.2. The molecular formula is C24H20FN5O2S. The van der Waals surface area contributed by atoms with Crippen LogP contribution in [0.3, 0.4) is 0 Å². The van der Waals surface area contributed by atoms with Crippen molar-refractivity contribution in [3.8, 4) is 21.8 Å². The largest absolute Gasteiger partial charge is 0.378 e. The number of carbonyl (C=O) groups excluding carboxylic acids is 1. The Morgan fingerprint density at radius 3 is 2.61 bits per heavy atom. The average molecular weight is 462 g/mol. The topological polar surface area (TPSA) is 80.2 Å². The number of nitrogens with one attached hydrogen (secondary N) is 1. The van der Waals surface area contributed by atoms with E-state index in [4.69, 9.17) is 4.74 Å². The lowest BCUT2D eigenvalue weighted by molar-refractivity contribution is 0.102. The number of benzene rings is 2. The zero-order valence-electron chi connectivity index (χ0n) is 17.6. The molecule has 0 aliphatic carbocycles. The first-order valence-electron chi connectivity index (χ1n) is 10.4. The maximum atomic E-state index is 14.2. The van der Waals surface area contributed by atoms with Crippen LogP contribution in [0.15, 0.2) is 66.3 Å². The number of rotatable bonds is 5. The Bertz CT molecular complexity index is 1290. The third-order valence-electron chi connectivity index (χ3n) is 5.28. The van der Waals surface area contributed by atoms with Gasteiger partial charge in [0.1, 0.15) is 28.7 Å². The van der Waals surface area contributed by atoms with E-state index in [1.165, 1.54) is 23.7 Å². The molecule has 0 saturated carbocycles. The number of ether oxygens (including phenoxy) is 1. The molecule has 5 rings (SSSR count). The SMILES string of the molecule is O=C(Nc1ccccc1-c1csc(-c2ccccc2F)n1)c1cc(N2CCOCC2)ncn1. The molecule has 2 aromatic carbocycles. The molecule has 0 atom stereocenters. The number of carbonyl (C=O) groups is 1. The second kappa shape index (κ2) is 9.43. The third-order valence-corrected chi connectivity index (χ3v) is 6.16. The molecule has 166 valence electrons. The van der Waals surface area contributed by atoms with E-state index in [9.17, 15) is 9.18 Å². The van der Waals surface area contributed by atoms with Gasteiger partial charge >= 0.3 is 0 Å². The van der Waals surface area contributed by atoms with Crippen LogP contribution in [0, 0.1) is 5.82 Å². The van der Waals surface area contributed by atoms with Gasteiger partial charge in [0.25, 0.3) is 5.91 Å². The number of amides is 1. The van der Waals surface area contributed by atoms with E-state index in [1.807, 2.05) is 23.6 Å². The van der Waals surface area contributed by atoms with Crippen LogP contribution in [0.5, 0.6) is 0 Å². The molecule has 33 heavy (non-hydrogen) atoms. The molecule has 0 bridgehead atoms. The average Bonchev–Trinajstić information content (AvgIpc) is 3.35. The van der Waals surface area contributed by atoms with Crippen molar-refractivity contribution in [1.29, 1.82) is 0 Å². The summed E-state index contributed by atoms with van der Waals surface area (Å²) < 4.78 is 19.6. The summed E-state index contributed by atoms with van der Waals surface area (Å²) in [5.41, 5.74) is 2.72. The fourth-order valence-electron chi connectivity index (χ4n) is 3.59. The highest BCUT2D eigenvalue weighted by atomic mass is 32.1. The molecule has 1 aliphatic rings. The van der Waals surface area contributed by atoms with Crippen LogP contribution < -0.4 is 10.2 Å². The summed E-state index contributed by atoms with van der Waals surface area (Å²) in [7, 11) is 0. The van der Waals surface area contributed by atoms with Crippen molar-refractivity contribution in [2.75, 3.05) is 36.5 Å². The Labute approximate surface area is 193 Å². The Balaban J connectivity index is 1.39. The molecule has 0 unspecified atom stereocenters. The molecule has 1 amide bonds. The third kappa shape index (κ3) is 4.59. The van der Waals surface area contributed by atoms with Crippen molar-refractivity contribution in [2.45, 2.75) is 0 Å². The maximum absolute atomic E-state index is 14.2. The Kier molecular flexibility index (Phi) is 6.05. The standard InChI is InChI=1S/C24H20FN5O2S/c25-18-7-3-1-5-16(18)24-29-21(14-33-24)17-6-2-4-8-19(17)28-23(31)20-13-22(27-15-26-20)30-9-11-32-12-10-30/h1-8,13-15H,9-12H2,(H,28,31). The van der Waals surface area contributed by atoms with Crippen molar-refractivity contribution < 1.29 is 13.9 Å². The van der Waals surface area contributed by atoms with Crippen LogP contribution in [-0.2, 0) is 4.74 Å². The summed E-state index contributed by atoms with van der Waals surface area (Å²) in [6.07, 6.45) is 1.40. The van der Waals surface area contributed by atoms with Gasteiger partial charge in [0.15, 0.2) is 0 Å². The molecule has 1 N–H and O–H groups in total. The number of thiazole rings is 1. The van der Waals surface area contributed by atoms with Crippen molar-refractivity contribution in [3.05, 3.63) is 77.8 Å². The van der Waals surface area contributed by atoms with Crippen molar-refractivity contribution in [2.24, 2.45) is 0 Å². The molecule has 0 spiro atoms. The van der Waals surface area contributed by atoms with Crippen molar-refractivity contribution in [3.63, 3.8) is 0 Å². The number of nitrogens with zero attached hydrogens (tertiary/aromatic N) is 4. The monoisotopic (exact) mass is 461 g/mol. The summed E-state index contributed by atoms with van der Waals surface area (Å²) in [4.78, 5) is 28.1. The Morgan fingerprint density at radius 1 is 1.03 bits per heavy atom. The van der Waals surface area contributed by atoms with Gasteiger partial charge < -0.3 is 15.0 Å². The first-order chi connectivity index (χ1) is 16.2. The molecule has 9 heteroatoms. The highest BCUT2D eigenvalue weighted by molar-refractivity contribution is 7.13. The maximum Gasteiger partial charge on any atom is 0.274 e. The van der Waals surface area contributed by atoms with Gasteiger partial charge in [0, 0.05) is 35.7 Å². The van der Waals surface area contributed by atoms with Gasteiger partial charge in [0.05, 0.1) is 24.6 Å². The summed E-state index contributed by atoms with van der Waals surface area (Å²) in [6, 6.07) is 15.6. The van der Waals surface area contributed by atoms with Crippen LogP contribution in [0.2, 0.25) is 0 Å². The Morgan fingerprint density at radius 2 is 1.79 bits per heavy atom. The van der Waals surface area contributed by atoms with E-state index < -0.39 is 0 Å². The van der Waals surface area contributed by atoms with E-state index in [1.54, 1.807) is 30.3 Å². The van der Waals surface area contributed by atoms with Gasteiger partial charge in [-0.25, -0.2) is 19.3 Å². The summed E-state index contributed by atoms with van der Waals surface area (Å²) >= 11 is 1.35. The summed E-state index contributed by atoms with van der Waals surface area (Å²) in [5, 5.41) is 5.37. The minimum absolute atomic E-state index is 0.270. The zero-order chi connectivity index (χ0) is 22.6. The van der Waals surface area contributed by atoms with Gasteiger partial charge in [0.2, 0.25) is 0 Å². The van der Waals surface area contributed by atoms with Crippen LogP contribution in [-0.4, -0.2) is 47.2 Å². The lowest BCUT2D eigenvalue weighted by Crippen LogP contribution is -2.37. The number of hydrogen-bond acceptors (Lipinski definition) is 7. The molecule has 1 aliphatic heterocycles. The van der Waals surface area contributed by atoms with Crippen LogP contribution in [0.4, 0.5) is 15.9 Å². The normalized spacial score (nSPS) is 13.7. The van der Waals surface area contributed by atoms with E-state index in [-0.39, 0.29) is 17.4 Å². The van der Waals surface area contributed by atoms with Gasteiger partial charge in [-0.05, 0) is 18.2 Å². The fourth-order valence-corrected chi connectivity index (χ4v) is 4.44. The summed E-state index contributed by atoms with van der Waals surface area (Å²) in [6.45, 7) is 2.69.